The molecule has 30 heavy (non-hydrogen) atoms. The van der Waals surface area contributed by atoms with Crippen molar-refractivity contribution in [2.24, 2.45) is 0 Å². The van der Waals surface area contributed by atoms with Crippen molar-refractivity contribution in [3.63, 3.8) is 0 Å². The zero-order valence-electron chi connectivity index (χ0n) is 16.3. The highest BCUT2D eigenvalue weighted by atomic mass is 127. The predicted molar refractivity (Wildman–Crippen MR) is 134 cm³/mol. The molecule has 2 atom stereocenters. The summed E-state index contributed by atoms with van der Waals surface area (Å²) >= 11 is 3.80. The topological polar surface area (TPSA) is 102 Å². The van der Waals surface area contributed by atoms with Crippen molar-refractivity contribution in [3.8, 4) is 0 Å². The van der Waals surface area contributed by atoms with Crippen molar-refractivity contribution in [3.05, 3.63) is 53.1 Å². The van der Waals surface area contributed by atoms with Gasteiger partial charge in [0.05, 0.1) is 60.0 Å². The highest BCUT2D eigenvalue weighted by Crippen LogP contribution is 2.46. The standard InChI is InChI=1S/C21H24I2N2O5/c1-12-15-4-2-3-5-16(15)21(29)20-18(25(22)9-13(28)10-26)7-6-17(19(12)20)24-8-14(11-27)30-23/h4-7,13-14,24,26-28H,1-3,8-11H2. The number of hydrogen-bond donors (Lipinski definition) is 4. The highest BCUT2D eigenvalue weighted by Gasteiger charge is 2.34. The third-order valence-electron chi connectivity index (χ3n) is 5.13. The molecule has 0 saturated heterocycles. The number of carbonyl (C=O) groups excluding carboxylic acids is 1. The van der Waals surface area contributed by atoms with Gasteiger partial charge in [0.25, 0.3) is 0 Å². The highest BCUT2D eigenvalue weighted by molar-refractivity contribution is 14.1. The molecular weight excluding hydrogens is 614 g/mol. The van der Waals surface area contributed by atoms with Crippen LogP contribution in [0.4, 0.5) is 11.4 Å². The van der Waals surface area contributed by atoms with E-state index in [1.807, 2.05) is 41.1 Å². The van der Waals surface area contributed by atoms with E-state index >= 15 is 0 Å². The third kappa shape index (κ3) is 4.75. The molecule has 9 heteroatoms. The van der Waals surface area contributed by atoms with Crippen molar-refractivity contribution in [2.45, 2.75) is 25.0 Å². The van der Waals surface area contributed by atoms with Gasteiger partial charge in [-0.25, -0.2) is 0 Å². The smallest absolute Gasteiger partial charge is 0.196 e. The summed E-state index contributed by atoms with van der Waals surface area (Å²) in [7, 11) is 0. The van der Waals surface area contributed by atoms with Gasteiger partial charge in [0.1, 0.15) is 29.1 Å². The molecule has 162 valence electrons. The molecule has 1 aromatic rings. The van der Waals surface area contributed by atoms with E-state index in [1.165, 1.54) is 0 Å². The van der Waals surface area contributed by atoms with Crippen LogP contribution < -0.4 is 8.43 Å². The molecule has 0 heterocycles. The molecule has 0 bridgehead atoms. The van der Waals surface area contributed by atoms with Gasteiger partial charge in [-0.1, -0.05) is 18.7 Å². The number of anilines is 2. The van der Waals surface area contributed by atoms with Crippen LogP contribution in [0.3, 0.4) is 0 Å². The van der Waals surface area contributed by atoms with E-state index in [0.717, 1.165) is 29.7 Å². The number of Topliss-reactive ketones (excluding diaryl/α,β-unsaturated/α-hetero) is 1. The molecule has 3 rings (SSSR count). The van der Waals surface area contributed by atoms with E-state index in [0.29, 0.717) is 28.9 Å². The summed E-state index contributed by atoms with van der Waals surface area (Å²) in [4.78, 5) is 13.5. The van der Waals surface area contributed by atoms with Gasteiger partial charge in [-0.3, -0.25) is 4.79 Å². The Morgan fingerprint density at radius 2 is 1.87 bits per heavy atom. The third-order valence-corrected chi connectivity index (χ3v) is 6.76. The lowest BCUT2D eigenvalue weighted by molar-refractivity contribution is 0.102. The summed E-state index contributed by atoms with van der Waals surface area (Å²) in [6.07, 6.45) is 4.37. The van der Waals surface area contributed by atoms with E-state index < -0.39 is 12.2 Å². The van der Waals surface area contributed by atoms with Crippen LogP contribution >= 0.6 is 45.9 Å². The molecule has 7 nitrogen and oxygen atoms in total. The van der Waals surface area contributed by atoms with Crippen molar-refractivity contribution >= 4 is 68.6 Å². The molecule has 0 fully saturated rings. The molecule has 0 saturated carbocycles. The lowest BCUT2D eigenvalue weighted by Gasteiger charge is -2.31. The van der Waals surface area contributed by atoms with Gasteiger partial charge in [-0.15, -0.1) is 0 Å². The summed E-state index contributed by atoms with van der Waals surface area (Å²) in [6.45, 7) is 4.33. The fourth-order valence-electron chi connectivity index (χ4n) is 3.62. The minimum atomic E-state index is -0.923. The second-order valence-corrected chi connectivity index (χ2v) is 8.83. The Morgan fingerprint density at radius 1 is 1.17 bits per heavy atom. The summed E-state index contributed by atoms with van der Waals surface area (Å²) in [5.74, 6) is -0.0778. The van der Waals surface area contributed by atoms with Gasteiger partial charge in [-0.05, 0) is 36.1 Å². The van der Waals surface area contributed by atoms with Crippen LogP contribution in [-0.2, 0) is 3.07 Å². The van der Waals surface area contributed by atoms with E-state index in [2.05, 4.69) is 18.0 Å². The number of aliphatic hydroxyl groups excluding tert-OH is 3. The predicted octanol–water partition coefficient (Wildman–Crippen LogP) is 3.19. The van der Waals surface area contributed by atoms with Gasteiger partial charge in [-0.2, -0.15) is 0 Å². The lowest BCUT2D eigenvalue weighted by atomic mass is 9.76. The summed E-state index contributed by atoms with van der Waals surface area (Å²) in [5, 5.41) is 31.8. The van der Waals surface area contributed by atoms with Crippen LogP contribution in [0.2, 0.25) is 0 Å². The number of rotatable bonds is 9. The number of benzene rings is 1. The number of nitrogens with zero attached hydrogens (tertiary/aromatic N) is 1. The first-order valence-electron chi connectivity index (χ1n) is 9.59. The van der Waals surface area contributed by atoms with Crippen LogP contribution in [0.15, 0.2) is 42.0 Å². The van der Waals surface area contributed by atoms with Crippen molar-refractivity contribution in [2.75, 3.05) is 34.7 Å². The minimum Gasteiger partial charge on any atom is -0.394 e. The number of hydrogen-bond acceptors (Lipinski definition) is 7. The Morgan fingerprint density at radius 3 is 2.50 bits per heavy atom. The molecule has 0 aromatic heterocycles. The number of carbonyl (C=O) groups is 1. The summed E-state index contributed by atoms with van der Waals surface area (Å²) < 4.78 is 6.95. The molecule has 0 amide bonds. The first-order valence-corrected chi connectivity index (χ1v) is 11.4. The van der Waals surface area contributed by atoms with Gasteiger partial charge in [0.15, 0.2) is 5.78 Å². The first-order chi connectivity index (χ1) is 14.4. The van der Waals surface area contributed by atoms with E-state index in [1.54, 1.807) is 26.1 Å². The Balaban J connectivity index is 2.10. The number of aliphatic hydroxyl groups is 3. The van der Waals surface area contributed by atoms with E-state index in [-0.39, 0.29) is 25.5 Å². The monoisotopic (exact) mass is 638 g/mol. The Kier molecular flexibility index (Phi) is 8.32. The van der Waals surface area contributed by atoms with Gasteiger partial charge < -0.3 is 26.8 Å². The molecule has 2 unspecified atom stereocenters. The van der Waals surface area contributed by atoms with Crippen molar-refractivity contribution < 1.29 is 23.2 Å². The Bertz CT molecular complexity index is 896. The van der Waals surface area contributed by atoms with Crippen LogP contribution in [0.25, 0.3) is 5.57 Å². The average Bonchev–Trinajstić information content (AvgIpc) is 2.77. The van der Waals surface area contributed by atoms with Crippen LogP contribution in [-0.4, -0.2) is 59.6 Å². The normalized spacial score (nSPS) is 17.5. The number of halogens is 2. The second-order valence-electron chi connectivity index (χ2n) is 7.16. The molecule has 4 N–H and O–H groups in total. The fraction of sp³-hybridized carbons (Fsp3) is 0.381. The zero-order valence-corrected chi connectivity index (χ0v) is 20.6. The molecule has 2 aliphatic carbocycles. The Hall–Kier alpha value is -0.990. The first kappa shape index (κ1) is 23.7. The maximum atomic E-state index is 13.5. The Labute approximate surface area is 203 Å². The SMILES string of the molecule is C=C1C2=CCCC=C2C(=O)c2c(N(I)CC(O)CO)ccc(NCC(CO)OI)c21. The second kappa shape index (κ2) is 10.6. The molecular formula is C21H24I2N2O5. The lowest BCUT2D eigenvalue weighted by Crippen LogP contribution is -2.30. The quantitative estimate of drug-likeness (QED) is 0.244. The summed E-state index contributed by atoms with van der Waals surface area (Å²) in [6, 6.07) is 3.68. The molecule has 0 spiro atoms. The average molecular weight is 638 g/mol. The minimum absolute atomic E-state index is 0.0778. The number of ketones is 1. The molecule has 0 aliphatic heterocycles. The summed E-state index contributed by atoms with van der Waals surface area (Å²) in [5.41, 5.74) is 4.91. The fourth-order valence-corrected chi connectivity index (χ4v) is 4.82. The number of fused-ring (bicyclic) bond motifs is 2. The van der Waals surface area contributed by atoms with E-state index in [4.69, 9.17) is 3.07 Å². The number of nitrogens with one attached hydrogen (secondary N) is 1. The maximum absolute atomic E-state index is 13.5. The van der Waals surface area contributed by atoms with Gasteiger partial charge >= 0.3 is 0 Å². The van der Waals surface area contributed by atoms with Crippen molar-refractivity contribution in [1.29, 1.82) is 0 Å². The number of allylic oxidation sites excluding steroid dienone is 5. The molecule has 0 radical (unpaired) electrons. The molecule has 2 aliphatic rings. The van der Waals surface area contributed by atoms with Crippen LogP contribution in [0.1, 0.15) is 28.8 Å². The zero-order chi connectivity index (χ0) is 21.8. The van der Waals surface area contributed by atoms with Crippen LogP contribution in [0.5, 0.6) is 0 Å². The molecule has 1 aromatic carbocycles. The van der Waals surface area contributed by atoms with Gasteiger partial charge in [0, 0.05) is 23.4 Å². The van der Waals surface area contributed by atoms with Crippen LogP contribution in [0, 0.1) is 0 Å². The van der Waals surface area contributed by atoms with E-state index in [9.17, 15) is 20.1 Å². The maximum Gasteiger partial charge on any atom is 0.196 e. The van der Waals surface area contributed by atoms with Crippen molar-refractivity contribution in [1.82, 2.24) is 0 Å². The van der Waals surface area contributed by atoms with Gasteiger partial charge in [0.2, 0.25) is 0 Å². The largest absolute Gasteiger partial charge is 0.394 e.